The summed E-state index contributed by atoms with van der Waals surface area (Å²) in [7, 11) is -2.28. The fourth-order valence-corrected chi connectivity index (χ4v) is 1.62. The molecule has 0 unspecified atom stereocenters. The Morgan fingerprint density at radius 3 is 2.43 bits per heavy atom. The molecule has 0 fully saturated rings. The quantitative estimate of drug-likeness (QED) is 0.550. The third-order valence-corrected chi connectivity index (χ3v) is 2.31. The molecule has 0 amide bonds. The van der Waals surface area contributed by atoms with Crippen molar-refractivity contribution in [3.63, 3.8) is 0 Å². The van der Waals surface area contributed by atoms with Gasteiger partial charge in [0.15, 0.2) is 5.78 Å². The lowest BCUT2D eigenvalue weighted by atomic mass is 10.1. The summed E-state index contributed by atoms with van der Waals surface area (Å²) in [4.78, 5) is 11.4. The maximum atomic E-state index is 13.1. The van der Waals surface area contributed by atoms with E-state index >= 15 is 0 Å². The number of carbonyl (C=O) groups is 1. The maximum Gasteiger partial charge on any atom is 0.196 e. The van der Waals surface area contributed by atoms with Crippen molar-refractivity contribution in [2.24, 2.45) is 0 Å². The molecule has 76 valence electrons. The average molecular weight is 214 g/mol. The van der Waals surface area contributed by atoms with Gasteiger partial charge in [-0.25, -0.2) is 4.39 Å². The second-order valence-electron chi connectivity index (χ2n) is 3.27. The molecule has 0 saturated carbocycles. The van der Waals surface area contributed by atoms with Crippen LogP contribution in [0.3, 0.4) is 0 Å². The Morgan fingerprint density at radius 2 is 1.93 bits per heavy atom. The number of halogens is 1. The highest BCUT2D eigenvalue weighted by molar-refractivity contribution is 8.01. The molecule has 0 atom stereocenters. The van der Waals surface area contributed by atoms with E-state index in [9.17, 15) is 13.4 Å². The molecule has 0 heterocycles. The molecule has 4 heteroatoms. The summed E-state index contributed by atoms with van der Waals surface area (Å²) >= 11 is 0. The average Bonchev–Trinajstić information content (AvgIpc) is 2.01. The van der Waals surface area contributed by atoms with Crippen molar-refractivity contribution < 1.29 is 13.4 Å². The molecule has 0 aliphatic rings. The predicted molar refractivity (Wildman–Crippen MR) is 56.8 cm³/mol. The lowest BCUT2D eigenvalue weighted by molar-refractivity contribution is 0.106. The molecule has 0 aromatic heterocycles. The smallest absolute Gasteiger partial charge is 0.196 e. The summed E-state index contributed by atoms with van der Waals surface area (Å²) in [6, 6.07) is 5.64. The van der Waals surface area contributed by atoms with Crippen molar-refractivity contribution in [2.75, 3.05) is 12.5 Å². The van der Waals surface area contributed by atoms with Crippen LogP contribution >= 0.6 is 0 Å². The molecule has 0 radical (unpaired) electrons. The van der Waals surface area contributed by atoms with Crippen LogP contribution in [0, 0.1) is 5.82 Å². The predicted octanol–water partition coefficient (Wildman–Crippen LogP) is 1.35. The minimum absolute atomic E-state index is 0.0380. The highest BCUT2D eigenvalue weighted by Gasteiger charge is 2.08. The summed E-state index contributed by atoms with van der Waals surface area (Å²) in [5.41, 5.74) is -0.0380. The molecule has 1 aromatic carbocycles. The van der Waals surface area contributed by atoms with Crippen molar-refractivity contribution >= 4 is 20.7 Å². The fourth-order valence-electron chi connectivity index (χ4n) is 0.982. The van der Waals surface area contributed by atoms with Gasteiger partial charge in [0.2, 0.25) is 0 Å². The van der Waals surface area contributed by atoms with E-state index < -0.39 is 21.1 Å². The van der Waals surface area contributed by atoms with E-state index in [0.717, 1.165) is 5.37 Å². The third kappa shape index (κ3) is 2.96. The van der Waals surface area contributed by atoms with E-state index in [1.165, 1.54) is 30.7 Å². The Morgan fingerprint density at radius 1 is 1.36 bits per heavy atom. The Hall–Kier alpha value is -1.16. The van der Waals surface area contributed by atoms with Gasteiger partial charge in [-0.2, -0.15) is 0 Å². The number of hydrogen-bond acceptors (Lipinski definition) is 2. The topological polar surface area (TPSA) is 34.1 Å². The standard InChI is InChI=1S/C10H11FO2S/c1-14(2,13)7-10(12)8-5-3-4-6-9(8)11/h3-7H,1-2H3. The van der Waals surface area contributed by atoms with Crippen molar-refractivity contribution in [3.8, 4) is 0 Å². The zero-order chi connectivity index (χ0) is 10.8. The minimum Gasteiger partial charge on any atom is -0.289 e. The summed E-state index contributed by atoms with van der Waals surface area (Å²) in [6.45, 7) is 0. The van der Waals surface area contributed by atoms with Crippen molar-refractivity contribution in [2.45, 2.75) is 0 Å². The van der Waals surface area contributed by atoms with E-state index in [2.05, 4.69) is 0 Å². The molecule has 2 nitrogen and oxygen atoms in total. The largest absolute Gasteiger partial charge is 0.289 e. The minimum atomic E-state index is -2.28. The Balaban J connectivity index is 3.16. The van der Waals surface area contributed by atoms with E-state index in [1.54, 1.807) is 6.07 Å². The molecular formula is C10H11FO2S. The Kier molecular flexibility index (Phi) is 3.06. The van der Waals surface area contributed by atoms with E-state index in [1.807, 2.05) is 0 Å². The first kappa shape index (κ1) is 10.9. The molecule has 14 heavy (non-hydrogen) atoms. The highest BCUT2D eigenvalue weighted by atomic mass is 32.2. The summed E-state index contributed by atoms with van der Waals surface area (Å²) in [5.74, 6) is -1.12. The molecular weight excluding hydrogens is 203 g/mol. The summed E-state index contributed by atoms with van der Waals surface area (Å²) in [6.07, 6.45) is 2.87. The van der Waals surface area contributed by atoms with Crippen LogP contribution < -0.4 is 0 Å². The zero-order valence-corrected chi connectivity index (χ0v) is 8.81. The first-order valence-electron chi connectivity index (χ1n) is 3.98. The van der Waals surface area contributed by atoms with Gasteiger partial charge in [0.05, 0.1) is 5.56 Å². The van der Waals surface area contributed by atoms with Crippen molar-refractivity contribution in [1.82, 2.24) is 0 Å². The van der Waals surface area contributed by atoms with Gasteiger partial charge in [-0.1, -0.05) is 12.1 Å². The molecule has 0 bridgehead atoms. The first-order chi connectivity index (χ1) is 6.40. The number of ketones is 1. The normalized spacial score (nSPS) is 11.1. The SMILES string of the molecule is CS(C)(=O)=CC(=O)c1ccccc1F. The number of benzene rings is 1. The number of rotatable bonds is 2. The van der Waals surface area contributed by atoms with Gasteiger partial charge >= 0.3 is 0 Å². The second kappa shape index (κ2) is 3.92. The van der Waals surface area contributed by atoms with Gasteiger partial charge in [-0.15, -0.1) is 0 Å². The molecule has 0 aliphatic carbocycles. The molecule has 0 saturated heterocycles. The second-order valence-corrected chi connectivity index (χ2v) is 6.13. The summed E-state index contributed by atoms with van der Waals surface area (Å²) in [5, 5.41) is 1.06. The van der Waals surface area contributed by atoms with Crippen LogP contribution in [-0.2, 0) is 9.52 Å². The first-order valence-corrected chi connectivity index (χ1v) is 6.42. The van der Waals surface area contributed by atoms with E-state index in [0.29, 0.717) is 0 Å². The van der Waals surface area contributed by atoms with Gasteiger partial charge in [0, 0.05) is 17.9 Å². The molecule has 0 spiro atoms. The van der Waals surface area contributed by atoms with Crippen LogP contribution in [0.15, 0.2) is 24.3 Å². The summed E-state index contributed by atoms with van der Waals surface area (Å²) < 4.78 is 24.4. The number of hydrogen-bond donors (Lipinski definition) is 0. The highest BCUT2D eigenvalue weighted by Crippen LogP contribution is 2.06. The van der Waals surface area contributed by atoms with Crippen LogP contribution in [-0.4, -0.2) is 27.9 Å². The van der Waals surface area contributed by atoms with Gasteiger partial charge in [-0.05, 0) is 21.7 Å². The van der Waals surface area contributed by atoms with Crippen molar-refractivity contribution in [1.29, 1.82) is 0 Å². The number of carbonyl (C=O) groups excluding carboxylic acids is 1. The Bertz CT molecular complexity index is 463. The fraction of sp³-hybridized carbons (Fsp3) is 0.200. The lowest BCUT2D eigenvalue weighted by Crippen LogP contribution is -2.10. The Labute approximate surface area is 82.8 Å². The molecule has 0 N–H and O–H groups in total. The monoisotopic (exact) mass is 214 g/mol. The van der Waals surface area contributed by atoms with Crippen LogP contribution in [0.5, 0.6) is 0 Å². The molecule has 1 aromatic rings. The maximum absolute atomic E-state index is 13.1. The van der Waals surface area contributed by atoms with Gasteiger partial charge < -0.3 is 0 Å². The van der Waals surface area contributed by atoms with Gasteiger partial charge in [-0.3, -0.25) is 9.00 Å². The van der Waals surface area contributed by atoms with Crippen LogP contribution in [0.2, 0.25) is 0 Å². The van der Waals surface area contributed by atoms with E-state index in [4.69, 9.17) is 0 Å². The molecule has 0 aliphatic heterocycles. The van der Waals surface area contributed by atoms with Crippen LogP contribution in [0.25, 0.3) is 0 Å². The number of Topliss-reactive ketones (excluding diaryl/α,β-unsaturated/α-hetero) is 1. The third-order valence-electron chi connectivity index (χ3n) is 1.53. The molecule has 1 rings (SSSR count). The lowest BCUT2D eigenvalue weighted by Gasteiger charge is -1.98. The zero-order valence-electron chi connectivity index (χ0n) is 7.99. The van der Waals surface area contributed by atoms with Crippen LogP contribution in [0.4, 0.5) is 4.39 Å². The van der Waals surface area contributed by atoms with E-state index in [-0.39, 0.29) is 5.56 Å². The van der Waals surface area contributed by atoms with Gasteiger partial charge in [0.1, 0.15) is 5.82 Å². The van der Waals surface area contributed by atoms with Crippen LogP contribution in [0.1, 0.15) is 10.4 Å². The van der Waals surface area contributed by atoms with Gasteiger partial charge in [0.25, 0.3) is 0 Å². The van der Waals surface area contributed by atoms with Crippen molar-refractivity contribution in [3.05, 3.63) is 35.6 Å².